The molecule has 152 valence electrons. The molecule has 27 heavy (non-hydrogen) atoms. The number of rotatable bonds is 10. The van der Waals surface area contributed by atoms with Crippen molar-refractivity contribution < 1.29 is 14.2 Å². The number of nitrogens with zero attached hydrogens (tertiary/aromatic N) is 2. The summed E-state index contributed by atoms with van der Waals surface area (Å²) in [6.45, 7) is 7.98. The van der Waals surface area contributed by atoms with Gasteiger partial charge in [0.25, 0.3) is 0 Å². The van der Waals surface area contributed by atoms with Gasteiger partial charge in [-0.2, -0.15) is 0 Å². The predicted molar refractivity (Wildman–Crippen MR) is 109 cm³/mol. The van der Waals surface area contributed by atoms with E-state index in [1.807, 2.05) is 12.1 Å². The Kier molecular flexibility index (Phi) is 9.52. The van der Waals surface area contributed by atoms with Crippen LogP contribution in [0.2, 0.25) is 5.02 Å². The van der Waals surface area contributed by atoms with Crippen molar-refractivity contribution in [2.24, 2.45) is 4.99 Å². The lowest BCUT2D eigenvalue weighted by Crippen LogP contribution is -2.41. The van der Waals surface area contributed by atoms with E-state index < -0.39 is 0 Å². The number of ether oxygens (including phenoxy) is 3. The van der Waals surface area contributed by atoms with Gasteiger partial charge in [0.1, 0.15) is 13.2 Å². The summed E-state index contributed by atoms with van der Waals surface area (Å²) < 4.78 is 16.3. The number of fused-ring (bicyclic) bond motifs is 1. The largest absolute Gasteiger partial charge is 0.486 e. The molecule has 0 unspecified atom stereocenters. The summed E-state index contributed by atoms with van der Waals surface area (Å²) in [5, 5.41) is 7.20. The Morgan fingerprint density at radius 2 is 2.07 bits per heavy atom. The zero-order valence-corrected chi connectivity index (χ0v) is 17.3. The third-order valence-corrected chi connectivity index (χ3v) is 4.38. The maximum absolute atomic E-state index is 6.30. The third-order valence-electron chi connectivity index (χ3n) is 4.09. The fraction of sp³-hybridized carbons (Fsp3) is 0.632. The minimum Gasteiger partial charge on any atom is -0.486 e. The zero-order chi connectivity index (χ0) is 19.5. The number of likely N-dealkylation sites (N-methyl/N-ethyl adjacent to an activating group) is 1. The van der Waals surface area contributed by atoms with E-state index in [1.165, 1.54) is 0 Å². The quantitative estimate of drug-likeness (QED) is 0.357. The van der Waals surface area contributed by atoms with Crippen molar-refractivity contribution in [1.29, 1.82) is 0 Å². The van der Waals surface area contributed by atoms with E-state index in [4.69, 9.17) is 25.8 Å². The molecule has 1 aliphatic rings. The molecule has 0 saturated carbocycles. The molecule has 0 radical (unpaired) electrons. The van der Waals surface area contributed by atoms with E-state index in [9.17, 15) is 0 Å². The molecular weight excluding hydrogens is 368 g/mol. The first-order chi connectivity index (χ1) is 13.1. The molecule has 1 aliphatic heterocycles. The Bertz CT molecular complexity index is 613. The molecule has 1 aromatic rings. The van der Waals surface area contributed by atoms with Crippen molar-refractivity contribution in [1.82, 2.24) is 15.5 Å². The summed E-state index contributed by atoms with van der Waals surface area (Å²) in [6.07, 6.45) is 1.03. The van der Waals surface area contributed by atoms with Crippen molar-refractivity contribution >= 4 is 17.6 Å². The van der Waals surface area contributed by atoms with Crippen LogP contribution >= 0.6 is 11.6 Å². The molecule has 1 aromatic carbocycles. The summed E-state index contributed by atoms with van der Waals surface area (Å²) in [5.74, 6) is 2.10. The van der Waals surface area contributed by atoms with Crippen LogP contribution < -0.4 is 20.1 Å². The van der Waals surface area contributed by atoms with Crippen LogP contribution in [0.5, 0.6) is 11.5 Å². The number of halogens is 1. The molecule has 0 saturated heterocycles. The average molecular weight is 399 g/mol. The van der Waals surface area contributed by atoms with Gasteiger partial charge in [0.15, 0.2) is 17.5 Å². The SMILES string of the molecule is CCNC(=NCc1cc(Cl)c2c(c1)OCCO2)NCCN(C)CCCOC. The second-order valence-corrected chi connectivity index (χ2v) is 6.78. The Morgan fingerprint density at radius 3 is 2.85 bits per heavy atom. The Hall–Kier alpha value is -1.70. The Labute approximate surface area is 167 Å². The molecule has 0 fully saturated rings. The van der Waals surface area contributed by atoms with Crippen molar-refractivity contribution in [3.05, 3.63) is 22.7 Å². The second kappa shape index (κ2) is 11.9. The number of aliphatic imine (C=N–C) groups is 1. The molecule has 0 spiro atoms. The van der Waals surface area contributed by atoms with Crippen LogP contribution in [0.1, 0.15) is 18.9 Å². The standard InChI is InChI=1S/C19H31ClN4O3/c1-4-21-19(22-6-8-24(2)7-5-9-25-3)23-14-15-12-16(20)18-17(13-15)26-10-11-27-18/h12-13H,4-11,14H2,1-3H3,(H2,21,22,23). The molecule has 2 rings (SSSR count). The van der Waals surface area contributed by atoms with E-state index in [0.29, 0.717) is 36.3 Å². The van der Waals surface area contributed by atoms with Crippen LogP contribution in [0.25, 0.3) is 0 Å². The topological polar surface area (TPSA) is 67.4 Å². The molecule has 0 bridgehead atoms. The Morgan fingerprint density at radius 1 is 1.26 bits per heavy atom. The van der Waals surface area contributed by atoms with Gasteiger partial charge in [0.2, 0.25) is 0 Å². The lowest BCUT2D eigenvalue weighted by molar-refractivity contribution is 0.171. The van der Waals surface area contributed by atoms with Crippen molar-refractivity contribution in [3.63, 3.8) is 0 Å². The minimum atomic E-state index is 0.509. The summed E-state index contributed by atoms with van der Waals surface area (Å²) in [4.78, 5) is 6.92. The number of hydrogen-bond acceptors (Lipinski definition) is 5. The van der Waals surface area contributed by atoms with Crippen LogP contribution in [-0.2, 0) is 11.3 Å². The van der Waals surface area contributed by atoms with E-state index in [-0.39, 0.29) is 0 Å². The van der Waals surface area contributed by atoms with Crippen LogP contribution in [-0.4, -0.2) is 71.0 Å². The van der Waals surface area contributed by atoms with Crippen molar-refractivity contribution in [2.45, 2.75) is 19.9 Å². The van der Waals surface area contributed by atoms with E-state index >= 15 is 0 Å². The predicted octanol–water partition coefficient (Wildman–Crippen LogP) is 2.13. The number of guanidine groups is 1. The van der Waals surface area contributed by atoms with Gasteiger partial charge in [0, 0.05) is 39.9 Å². The monoisotopic (exact) mass is 398 g/mol. The molecule has 2 N–H and O–H groups in total. The molecule has 0 atom stereocenters. The highest BCUT2D eigenvalue weighted by Gasteiger charge is 2.16. The van der Waals surface area contributed by atoms with Crippen LogP contribution in [0, 0.1) is 0 Å². The van der Waals surface area contributed by atoms with Gasteiger partial charge >= 0.3 is 0 Å². The van der Waals surface area contributed by atoms with E-state index in [1.54, 1.807) is 7.11 Å². The Balaban J connectivity index is 1.86. The van der Waals surface area contributed by atoms with E-state index in [0.717, 1.165) is 50.7 Å². The smallest absolute Gasteiger partial charge is 0.191 e. The molecule has 0 aromatic heterocycles. The first kappa shape index (κ1) is 21.6. The lowest BCUT2D eigenvalue weighted by atomic mass is 10.2. The highest BCUT2D eigenvalue weighted by atomic mass is 35.5. The normalized spacial score (nSPS) is 13.7. The van der Waals surface area contributed by atoms with Crippen LogP contribution in [0.15, 0.2) is 17.1 Å². The first-order valence-corrected chi connectivity index (χ1v) is 9.79. The number of nitrogens with one attached hydrogen (secondary N) is 2. The third kappa shape index (κ3) is 7.44. The maximum atomic E-state index is 6.30. The van der Waals surface area contributed by atoms with Gasteiger partial charge in [-0.05, 0) is 38.1 Å². The first-order valence-electron chi connectivity index (χ1n) is 9.41. The summed E-state index contributed by atoms with van der Waals surface area (Å²) in [5.41, 5.74) is 0.984. The second-order valence-electron chi connectivity index (χ2n) is 6.37. The summed E-state index contributed by atoms with van der Waals surface area (Å²) in [7, 11) is 3.84. The molecule has 1 heterocycles. The van der Waals surface area contributed by atoms with Crippen molar-refractivity contribution in [2.75, 3.05) is 60.2 Å². The number of hydrogen-bond donors (Lipinski definition) is 2. The highest BCUT2D eigenvalue weighted by molar-refractivity contribution is 6.32. The fourth-order valence-corrected chi connectivity index (χ4v) is 3.01. The zero-order valence-electron chi connectivity index (χ0n) is 16.5. The lowest BCUT2D eigenvalue weighted by Gasteiger charge is -2.20. The van der Waals surface area contributed by atoms with Gasteiger partial charge in [-0.15, -0.1) is 0 Å². The van der Waals surface area contributed by atoms with Gasteiger partial charge in [-0.3, -0.25) is 0 Å². The van der Waals surface area contributed by atoms with Gasteiger partial charge in [-0.25, -0.2) is 4.99 Å². The molecule has 7 nitrogen and oxygen atoms in total. The minimum absolute atomic E-state index is 0.509. The number of methoxy groups -OCH3 is 1. The number of benzene rings is 1. The van der Waals surface area contributed by atoms with Gasteiger partial charge in [0.05, 0.1) is 11.6 Å². The maximum Gasteiger partial charge on any atom is 0.191 e. The van der Waals surface area contributed by atoms with Crippen LogP contribution in [0.3, 0.4) is 0 Å². The van der Waals surface area contributed by atoms with Gasteiger partial charge < -0.3 is 29.7 Å². The molecule has 0 amide bonds. The fourth-order valence-electron chi connectivity index (χ4n) is 2.72. The summed E-state index contributed by atoms with van der Waals surface area (Å²) >= 11 is 6.30. The highest BCUT2D eigenvalue weighted by Crippen LogP contribution is 2.38. The molecule has 8 heteroatoms. The molecular formula is C19H31ClN4O3. The molecule has 0 aliphatic carbocycles. The summed E-state index contributed by atoms with van der Waals surface area (Å²) in [6, 6.07) is 3.82. The van der Waals surface area contributed by atoms with Crippen LogP contribution in [0.4, 0.5) is 0 Å². The van der Waals surface area contributed by atoms with Crippen molar-refractivity contribution in [3.8, 4) is 11.5 Å². The van der Waals surface area contributed by atoms with E-state index in [2.05, 4.69) is 34.5 Å². The average Bonchev–Trinajstić information content (AvgIpc) is 2.66. The van der Waals surface area contributed by atoms with Gasteiger partial charge in [-0.1, -0.05) is 11.6 Å².